The molecule has 23 heavy (non-hydrogen) atoms. The summed E-state index contributed by atoms with van der Waals surface area (Å²) in [6.45, 7) is 1.56. The van der Waals surface area contributed by atoms with Crippen LogP contribution in [0.15, 0.2) is 44.1 Å². The average Bonchev–Trinajstić information content (AvgIpc) is 2.92. The molecular weight excluding hydrogens is 396 g/mol. The minimum absolute atomic E-state index is 0.134. The molecule has 3 rings (SSSR count). The van der Waals surface area contributed by atoms with Gasteiger partial charge in [-0.15, -0.1) is 11.3 Å². The SMILES string of the molecule is CC(=O)CCSc1nc2scc(-c3ccc(Br)cc3)c2c(=O)[nH]1. The van der Waals surface area contributed by atoms with Gasteiger partial charge in [-0.25, -0.2) is 4.98 Å². The number of carbonyl (C=O) groups is 1. The van der Waals surface area contributed by atoms with Gasteiger partial charge in [-0.3, -0.25) is 9.59 Å². The average molecular weight is 409 g/mol. The van der Waals surface area contributed by atoms with Crippen LogP contribution in [0, 0.1) is 0 Å². The zero-order chi connectivity index (χ0) is 16.4. The Labute approximate surface area is 149 Å². The molecule has 0 aliphatic heterocycles. The molecule has 0 aliphatic carbocycles. The third-order valence-electron chi connectivity index (χ3n) is 3.27. The number of halogens is 1. The summed E-state index contributed by atoms with van der Waals surface area (Å²) in [5.74, 6) is 0.754. The molecule has 0 bridgehead atoms. The van der Waals surface area contributed by atoms with E-state index in [4.69, 9.17) is 0 Å². The fourth-order valence-corrected chi connectivity index (χ4v) is 4.30. The number of aromatic nitrogens is 2. The lowest BCUT2D eigenvalue weighted by Crippen LogP contribution is -2.09. The van der Waals surface area contributed by atoms with E-state index >= 15 is 0 Å². The van der Waals surface area contributed by atoms with E-state index in [9.17, 15) is 9.59 Å². The van der Waals surface area contributed by atoms with Crippen molar-refractivity contribution in [2.75, 3.05) is 5.75 Å². The molecule has 0 aliphatic rings. The fourth-order valence-electron chi connectivity index (χ4n) is 2.13. The van der Waals surface area contributed by atoms with Gasteiger partial charge in [-0.05, 0) is 24.6 Å². The molecule has 1 aromatic carbocycles. The van der Waals surface area contributed by atoms with Crippen molar-refractivity contribution in [2.45, 2.75) is 18.5 Å². The van der Waals surface area contributed by atoms with Gasteiger partial charge in [0.1, 0.15) is 10.6 Å². The van der Waals surface area contributed by atoms with E-state index in [0.717, 1.165) is 20.4 Å². The summed E-state index contributed by atoms with van der Waals surface area (Å²) in [7, 11) is 0. The predicted octanol–water partition coefficient (Wildman–Crippen LogP) is 4.49. The number of thiophene rings is 1. The molecule has 0 saturated carbocycles. The Balaban J connectivity index is 1.96. The maximum atomic E-state index is 12.4. The highest BCUT2D eigenvalue weighted by molar-refractivity contribution is 9.10. The number of nitrogens with one attached hydrogen (secondary N) is 1. The number of thioether (sulfide) groups is 1. The number of Topliss-reactive ketones (excluding diaryl/α,β-unsaturated/α-hetero) is 1. The van der Waals surface area contributed by atoms with Crippen LogP contribution in [0.3, 0.4) is 0 Å². The predicted molar refractivity (Wildman–Crippen MR) is 99.4 cm³/mol. The summed E-state index contributed by atoms with van der Waals surface area (Å²) in [6.07, 6.45) is 0.473. The minimum Gasteiger partial charge on any atom is -0.301 e. The van der Waals surface area contributed by atoms with Crippen molar-refractivity contribution in [1.29, 1.82) is 0 Å². The zero-order valence-corrected chi connectivity index (χ0v) is 15.5. The van der Waals surface area contributed by atoms with Gasteiger partial charge in [0.2, 0.25) is 0 Å². The van der Waals surface area contributed by atoms with Crippen LogP contribution in [-0.2, 0) is 4.79 Å². The Morgan fingerprint density at radius 3 is 2.78 bits per heavy atom. The van der Waals surface area contributed by atoms with E-state index in [0.29, 0.717) is 22.7 Å². The molecule has 0 unspecified atom stereocenters. The van der Waals surface area contributed by atoms with Gasteiger partial charge in [-0.2, -0.15) is 0 Å². The Hall–Kier alpha value is -1.44. The monoisotopic (exact) mass is 408 g/mol. The summed E-state index contributed by atoms with van der Waals surface area (Å²) >= 11 is 6.27. The molecule has 0 fully saturated rings. The van der Waals surface area contributed by atoms with Crippen LogP contribution < -0.4 is 5.56 Å². The smallest absolute Gasteiger partial charge is 0.260 e. The summed E-state index contributed by atoms with van der Waals surface area (Å²) in [5, 5.41) is 3.14. The third kappa shape index (κ3) is 3.73. The van der Waals surface area contributed by atoms with Gasteiger partial charge in [0.25, 0.3) is 5.56 Å². The Morgan fingerprint density at radius 1 is 1.35 bits per heavy atom. The van der Waals surface area contributed by atoms with Crippen molar-refractivity contribution in [1.82, 2.24) is 9.97 Å². The minimum atomic E-state index is -0.139. The molecule has 7 heteroatoms. The van der Waals surface area contributed by atoms with Gasteiger partial charge >= 0.3 is 0 Å². The molecular formula is C16H13BrN2O2S2. The maximum Gasteiger partial charge on any atom is 0.260 e. The first-order valence-corrected chi connectivity index (χ1v) is 9.60. The van der Waals surface area contributed by atoms with Crippen LogP contribution in [-0.4, -0.2) is 21.5 Å². The van der Waals surface area contributed by atoms with Crippen molar-refractivity contribution in [3.05, 3.63) is 44.5 Å². The van der Waals surface area contributed by atoms with E-state index in [1.54, 1.807) is 6.92 Å². The van der Waals surface area contributed by atoms with Crippen LogP contribution in [0.5, 0.6) is 0 Å². The van der Waals surface area contributed by atoms with E-state index in [1.807, 2.05) is 29.6 Å². The number of fused-ring (bicyclic) bond motifs is 1. The second-order valence-corrected chi connectivity index (χ2v) is 7.87. The Morgan fingerprint density at radius 2 is 2.09 bits per heavy atom. The van der Waals surface area contributed by atoms with Crippen LogP contribution in [0.4, 0.5) is 0 Å². The quantitative estimate of drug-likeness (QED) is 0.499. The molecule has 0 amide bonds. The normalized spacial score (nSPS) is 11.0. The number of rotatable bonds is 5. The largest absolute Gasteiger partial charge is 0.301 e. The highest BCUT2D eigenvalue weighted by Gasteiger charge is 2.13. The van der Waals surface area contributed by atoms with Crippen LogP contribution >= 0.6 is 39.0 Å². The molecule has 0 radical (unpaired) electrons. The Bertz CT molecular complexity index is 916. The molecule has 1 N–H and O–H groups in total. The lowest BCUT2D eigenvalue weighted by Gasteiger charge is -2.02. The van der Waals surface area contributed by atoms with Crippen molar-refractivity contribution in [2.24, 2.45) is 0 Å². The standard InChI is InChI=1S/C16H13BrN2O2S2/c1-9(20)6-7-22-16-18-14(21)13-12(8-23-15(13)19-16)10-2-4-11(17)5-3-10/h2-5,8H,6-7H2,1H3,(H,18,19,21). The molecule has 118 valence electrons. The first kappa shape index (κ1) is 16.4. The van der Waals surface area contributed by atoms with Gasteiger partial charge in [0, 0.05) is 27.6 Å². The first-order valence-electron chi connectivity index (χ1n) is 6.94. The number of nitrogens with zero attached hydrogens (tertiary/aromatic N) is 1. The van der Waals surface area contributed by atoms with E-state index in [-0.39, 0.29) is 11.3 Å². The molecule has 0 saturated heterocycles. The van der Waals surface area contributed by atoms with Crippen molar-refractivity contribution in [3.8, 4) is 11.1 Å². The molecule has 0 spiro atoms. The lowest BCUT2D eigenvalue weighted by atomic mass is 10.1. The Kier molecular flexibility index (Phi) is 4.99. The van der Waals surface area contributed by atoms with Crippen molar-refractivity contribution >= 4 is 55.0 Å². The molecule has 2 heterocycles. The highest BCUT2D eigenvalue weighted by Crippen LogP contribution is 2.32. The number of H-pyrrole nitrogens is 1. The second-order valence-electron chi connectivity index (χ2n) is 5.01. The fraction of sp³-hybridized carbons (Fsp3) is 0.188. The topological polar surface area (TPSA) is 62.8 Å². The van der Waals surface area contributed by atoms with Gasteiger partial charge in [-0.1, -0.05) is 39.8 Å². The lowest BCUT2D eigenvalue weighted by molar-refractivity contribution is -0.116. The molecule has 3 aromatic rings. The number of hydrogen-bond donors (Lipinski definition) is 1. The van der Waals surface area contributed by atoms with Gasteiger partial charge < -0.3 is 4.98 Å². The zero-order valence-electron chi connectivity index (χ0n) is 12.3. The van der Waals surface area contributed by atoms with Gasteiger partial charge in [0.15, 0.2) is 5.16 Å². The van der Waals surface area contributed by atoms with Crippen LogP contribution in [0.2, 0.25) is 0 Å². The number of ketones is 1. The first-order chi connectivity index (χ1) is 11.0. The summed E-state index contributed by atoms with van der Waals surface area (Å²) in [6, 6.07) is 7.85. The number of hydrogen-bond acceptors (Lipinski definition) is 5. The van der Waals surface area contributed by atoms with Crippen LogP contribution in [0.25, 0.3) is 21.3 Å². The van der Waals surface area contributed by atoms with Gasteiger partial charge in [0.05, 0.1) is 5.39 Å². The molecule has 4 nitrogen and oxygen atoms in total. The maximum absolute atomic E-state index is 12.4. The van der Waals surface area contributed by atoms with Crippen molar-refractivity contribution < 1.29 is 4.79 Å². The summed E-state index contributed by atoms with van der Waals surface area (Å²) in [5.41, 5.74) is 1.75. The summed E-state index contributed by atoms with van der Waals surface area (Å²) < 4.78 is 0.997. The number of aromatic amines is 1. The van der Waals surface area contributed by atoms with Crippen molar-refractivity contribution in [3.63, 3.8) is 0 Å². The van der Waals surface area contributed by atoms with Crippen LogP contribution in [0.1, 0.15) is 13.3 Å². The molecule has 0 atom stereocenters. The molecule has 2 aromatic heterocycles. The second kappa shape index (κ2) is 6.98. The van der Waals surface area contributed by atoms with E-state index in [2.05, 4.69) is 25.9 Å². The van der Waals surface area contributed by atoms with E-state index in [1.165, 1.54) is 23.1 Å². The van der Waals surface area contributed by atoms with E-state index < -0.39 is 0 Å². The number of carbonyl (C=O) groups excluding carboxylic acids is 1. The third-order valence-corrected chi connectivity index (χ3v) is 5.55. The number of benzene rings is 1. The highest BCUT2D eigenvalue weighted by atomic mass is 79.9. The summed E-state index contributed by atoms with van der Waals surface area (Å²) in [4.78, 5) is 31.5.